The largest absolute Gasteiger partial charge is 0.387 e. The molecule has 0 saturated carbocycles. The molecule has 0 saturated heterocycles. The Kier molecular flexibility index (Phi) is 4.91. The summed E-state index contributed by atoms with van der Waals surface area (Å²) >= 11 is 0. The van der Waals surface area contributed by atoms with Crippen molar-refractivity contribution in [3.63, 3.8) is 0 Å². The minimum absolute atomic E-state index is 0.0875. The fraction of sp³-hybridized carbons (Fsp3) is 0.700. The third-order valence-corrected chi connectivity index (χ3v) is 2.14. The second-order valence-electron chi connectivity index (χ2n) is 3.72. The highest BCUT2D eigenvalue weighted by molar-refractivity contribution is 5.75. The molecule has 1 rings (SSSR count). The lowest BCUT2D eigenvalue weighted by molar-refractivity contribution is -0.121. The van der Waals surface area contributed by atoms with Crippen LogP contribution < -0.4 is 5.32 Å². The van der Waals surface area contributed by atoms with Crippen molar-refractivity contribution in [1.82, 2.24) is 20.3 Å². The van der Waals surface area contributed by atoms with Crippen molar-refractivity contribution in [3.05, 3.63) is 11.9 Å². The second kappa shape index (κ2) is 6.22. The van der Waals surface area contributed by atoms with Crippen molar-refractivity contribution in [1.29, 1.82) is 0 Å². The van der Waals surface area contributed by atoms with Crippen LogP contribution in [-0.2, 0) is 11.3 Å². The van der Waals surface area contributed by atoms with Gasteiger partial charge in [0.2, 0.25) is 5.91 Å². The molecule has 0 bridgehead atoms. The Bertz CT molecular complexity index is 335. The first-order valence-corrected chi connectivity index (χ1v) is 5.48. The molecule has 90 valence electrons. The first-order valence-electron chi connectivity index (χ1n) is 5.48. The highest BCUT2D eigenvalue weighted by Gasteiger charge is 2.08. The molecule has 1 amide bonds. The minimum atomic E-state index is -0.656. The summed E-state index contributed by atoms with van der Waals surface area (Å²) < 4.78 is 1.42. The Balaban J connectivity index is 2.37. The van der Waals surface area contributed by atoms with Crippen molar-refractivity contribution in [3.8, 4) is 0 Å². The highest BCUT2D eigenvalue weighted by Crippen LogP contribution is 2.05. The number of unbranched alkanes of at least 4 members (excludes halogenated alkanes) is 1. The van der Waals surface area contributed by atoms with Crippen molar-refractivity contribution in [2.75, 3.05) is 6.54 Å². The lowest BCUT2D eigenvalue weighted by Crippen LogP contribution is -2.28. The number of amides is 1. The van der Waals surface area contributed by atoms with Gasteiger partial charge in [-0.05, 0) is 13.3 Å². The number of rotatable bonds is 6. The van der Waals surface area contributed by atoms with Crippen LogP contribution in [0.1, 0.15) is 38.5 Å². The molecule has 1 unspecified atom stereocenters. The van der Waals surface area contributed by atoms with Crippen LogP contribution in [0.4, 0.5) is 0 Å². The van der Waals surface area contributed by atoms with Crippen LogP contribution in [0.15, 0.2) is 6.20 Å². The maximum absolute atomic E-state index is 11.4. The van der Waals surface area contributed by atoms with E-state index in [1.165, 1.54) is 4.68 Å². The smallest absolute Gasteiger partial charge is 0.241 e. The monoisotopic (exact) mass is 226 g/mol. The third kappa shape index (κ3) is 3.98. The summed E-state index contributed by atoms with van der Waals surface area (Å²) in [6, 6.07) is 0. The zero-order chi connectivity index (χ0) is 12.0. The van der Waals surface area contributed by atoms with Gasteiger partial charge in [0.05, 0.1) is 12.3 Å². The number of nitrogens with zero attached hydrogens (tertiary/aromatic N) is 3. The zero-order valence-electron chi connectivity index (χ0n) is 9.68. The number of carbonyl (C=O) groups is 1. The topological polar surface area (TPSA) is 80.0 Å². The van der Waals surface area contributed by atoms with Crippen molar-refractivity contribution in [2.45, 2.75) is 39.3 Å². The summed E-state index contributed by atoms with van der Waals surface area (Å²) in [7, 11) is 0. The van der Waals surface area contributed by atoms with Gasteiger partial charge in [0.1, 0.15) is 12.2 Å². The Morgan fingerprint density at radius 2 is 2.44 bits per heavy atom. The van der Waals surface area contributed by atoms with Gasteiger partial charge >= 0.3 is 0 Å². The molecular weight excluding hydrogens is 208 g/mol. The van der Waals surface area contributed by atoms with E-state index in [9.17, 15) is 9.90 Å². The van der Waals surface area contributed by atoms with Gasteiger partial charge in [0, 0.05) is 6.54 Å². The van der Waals surface area contributed by atoms with E-state index >= 15 is 0 Å². The minimum Gasteiger partial charge on any atom is -0.387 e. The SMILES string of the molecule is CCCCNC(=O)Cn1cc(C(C)O)nn1. The number of carbonyl (C=O) groups excluding carboxylic acids is 1. The molecule has 1 aromatic heterocycles. The standard InChI is InChI=1S/C10H18N4O2/c1-3-4-5-11-10(16)7-14-6-9(8(2)15)12-13-14/h6,8,15H,3-5,7H2,1-2H3,(H,11,16). The van der Waals surface area contributed by atoms with Gasteiger partial charge in [-0.2, -0.15) is 0 Å². The van der Waals surface area contributed by atoms with Gasteiger partial charge in [-0.3, -0.25) is 4.79 Å². The van der Waals surface area contributed by atoms with Crippen LogP contribution >= 0.6 is 0 Å². The number of aliphatic hydroxyl groups is 1. The van der Waals surface area contributed by atoms with Crippen LogP contribution in [0.2, 0.25) is 0 Å². The first-order chi connectivity index (χ1) is 7.63. The number of nitrogens with one attached hydrogen (secondary N) is 1. The molecule has 0 spiro atoms. The summed E-state index contributed by atoms with van der Waals surface area (Å²) in [4.78, 5) is 11.4. The van der Waals surface area contributed by atoms with E-state index < -0.39 is 6.10 Å². The average molecular weight is 226 g/mol. The number of aliphatic hydroxyl groups excluding tert-OH is 1. The Hall–Kier alpha value is -1.43. The molecule has 0 fully saturated rings. The van der Waals surface area contributed by atoms with Crippen molar-refractivity contribution < 1.29 is 9.90 Å². The highest BCUT2D eigenvalue weighted by atomic mass is 16.3. The lowest BCUT2D eigenvalue weighted by Gasteiger charge is -2.03. The molecule has 0 aliphatic rings. The number of hydrogen-bond donors (Lipinski definition) is 2. The molecule has 2 N–H and O–H groups in total. The van der Waals surface area contributed by atoms with E-state index in [0.29, 0.717) is 12.2 Å². The van der Waals surface area contributed by atoms with Crippen molar-refractivity contribution in [2.24, 2.45) is 0 Å². The molecule has 1 heterocycles. The van der Waals surface area contributed by atoms with Gasteiger partial charge in [0.15, 0.2) is 0 Å². The summed E-state index contributed by atoms with van der Waals surface area (Å²) in [5, 5.41) is 19.5. The molecule has 0 aliphatic carbocycles. The normalized spacial score (nSPS) is 12.4. The van der Waals surface area contributed by atoms with Crippen LogP contribution in [0.5, 0.6) is 0 Å². The van der Waals surface area contributed by atoms with Crippen LogP contribution in [0, 0.1) is 0 Å². The Morgan fingerprint density at radius 1 is 1.69 bits per heavy atom. The fourth-order valence-corrected chi connectivity index (χ4v) is 1.19. The summed E-state index contributed by atoms with van der Waals surface area (Å²) in [5.41, 5.74) is 0.473. The van der Waals surface area contributed by atoms with E-state index in [2.05, 4.69) is 22.6 Å². The summed E-state index contributed by atoms with van der Waals surface area (Å²) in [5.74, 6) is -0.0875. The maximum Gasteiger partial charge on any atom is 0.241 e. The molecule has 0 aromatic carbocycles. The Labute approximate surface area is 94.7 Å². The summed E-state index contributed by atoms with van der Waals surface area (Å²) in [6.07, 6.45) is 2.94. The second-order valence-corrected chi connectivity index (χ2v) is 3.72. The fourth-order valence-electron chi connectivity index (χ4n) is 1.19. The molecule has 1 aromatic rings. The molecular formula is C10H18N4O2. The molecule has 6 heteroatoms. The number of hydrogen-bond acceptors (Lipinski definition) is 4. The quantitative estimate of drug-likeness (QED) is 0.681. The molecule has 1 atom stereocenters. The van der Waals surface area contributed by atoms with E-state index in [4.69, 9.17) is 0 Å². The van der Waals surface area contributed by atoms with E-state index in [-0.39, 0.29) is 12.5 Å². The van der Waals surface area contributed by atoms with Gasteiger partial charge in [-0.1, -0.05) is 18.6 Å². The average Bonchev–Trinajstić information content (AvgIpc) is 2.66. The predicted molar refractivity (Wildman–Crippen MR) is 58.6 cm³/mol. The third-order valence-electron chi connectivity index (χ3n) is 2.14. The van der Waals surface area contributed by atoms with E-state index in [1.807, 2.05) is 0 Å². The van der Waals surface area contributed by atoms with Gasteiger partial charge in [0.25, 0.3) is 0 Å². The van der Waals surface area contributed by atoms with Gasteiger partial charge in [-0.15, -0.1) is 5.10 Å². The Morgan fingerprint density at radius 3 is 3.00 bits per heavy atom. The number of aromatic nitrogens is 3. The molecule has 6 nitrogen and oxygen atoms in total. The van der Waals surface area contributed by atoms with Gasteiger partial charge < -0.3 is 10.4 Å². The predicted octanol–water partition coefficient (Wildman–Crippen LogP) is 0.248. The zero-order valence-corrected chi connectivity index (χ0v) is 9.68. The van der Waals surface area contributed by atoms with Gasteiger partial charge in [-0.25, -0.2) is 4.68 Å². The lowest BCUT2D eigenvalue weighted by atomic mass is 10.3. The van der Waals surface area contributed by atoms with E-state index in [1.54, 1.807) is 13.1 Å². The van der Waals surface area contributed by atoms with Crippen LogP contribution in [-0.4, -0.2) is 32.6 Å². The first kappa shape index (κ1) is 12.6. The molecule has 16 heavy (non-hydrogen) atoms. The maximum atomic E-state index is 11.4. The summed E-state index contributed by atoms with van der Waals surface area (Å²) in [6.45, 7) is 4.50. The van der Waals surface area contributed by atoms with Crippen LogP contribution in [0.25, 0.3) is 0 Å². The van der Waals surface area contributed by atoms with Crippen molar-refractivity contribution >= 4 is 5.91 Å². The molecule has 0 radical (unpaired) electrons. The van der Waals surface area contributed by atoms with E-state index in [0.717, 1.165) is 12.8 Å². The molecule has 0 aliphatic heterocycles. The van der Waals surface area contributed by atoms with Crippen LogP contribution in [0.3, 0.4) is 0 Å².